The van der Waals surface area contributed by atoms with Gasteiger partial charge in [-0.3, -0.25) is 4.79 Å². The molecule has 2 saturated carbocycles. The Morgan fingerprint density at radius 2 is 1.26 bits per heavy atom. The monoisotopic (exact) mass is 846 g/mol. The number of hydrogen-bond acceptors (Lipinski definition) is 5. The van der Waals surface area contributed by atoms with E-state index in [1.807, 2.05) is 26.8 Å². The molecule has 2 aliphatic carbocycles. The number of aromatic carboxylic acids is 1. The van der Waals surface area contributed by atoms with Crippen LogP contribution in [0.4, 0.5) is 49.6 Å². The molecule has 4 aromatic rings. The third kappa shape index (κ3) is 8.23. The highest BCUT2D eigenvalue weighted by Crippen LogP contribution is 2.43. The SMILES string of the molecule is CC(C)(C)c1cc(CN(C(=O)CN(Cc2c(F)c(F)c(F)c(F)c2F)S(=O)(=O)c2c(F)c(F)c(F)c(F)c2F)c2ccc(C(=O)O)cc2OC2CC2)cc(C2CC2)c1. The fourth-order valence-electron chi connectivity index (χ4n) is 6.08. The molecule has 2 fully saturated rings. The summed E-state index contributed by atoms with van der Waals surface area (Å²) in [4.78, 5) is 24.7. The van der Waals surface area contributed by atoms with Gasteiger partial charge < -0.3 is 14.7 Å². The van der Waals surface area contributed by atoms with Gasteiger partial charge in [-0.05, 0) is 71.9 Å². The Bertz CT molecular complexity index is 2410. The number of amides is 1. The number of carboxylic acids is 1. The van der Waals surface area contributed by atoms with Gasteiger partial charge in [-0.25, -0.2) is 57.1 Å². The minimum absolute atomic E-state index is 0.150. The Hall–Kier alpha value is -5.17. The molecule has 0 saturated heterocycles. The van der Waals surface area contributed by atoms with Gasteiger partial charge in [0.25, 0.3) is 0 Å². The molecule has 0 unspecified atom stereocenters. The molecule has 6 rings (SSSR count). The third-order valence-corrected chi connectivity index (χ3v) is 11.4. The van der Waals surface area contributed by atoms with Crippen molar-refractivity contribution >= 4 is 27.6 Å². The van der Waals surface area contributed by atoms with E-state index in [1.165, 1.54) is 0 Å². The molecule has 58 heavy (non-hydrogen) atoms. The summed E-state index contributed by atoms with van der Waals surface area (Å²) in [5.41, 5.74) is -0.899. The van der Waals surface area contributed by atoms with Crippen molar-refractivity contribution in [2.75, 3.05) is 11.4 Å². The lowest BCUT2D eigenvalue weighted by Gasteiger charge is -2.30. The van der Waals surface area contributed by atoms with E-state index in [0.717, 1.165) is 47.1 Å². The first kappa shape index (κ1) is 42.4. The first-order valence-corrected chi connectivity index (χ1v) is 19.0. The Kier molecular flexibility index (Phi) is 11.4. The van der Waals surface area contributed by atoms with Gasteiger partial charge in [0, 0.05) is 12.1 Å². The Morgan fingerprint density at radius 3 is 1.76 bits per heavy atom. The lowest BCUT2D eigenvalue weighted by Crippen LogP contribution is -2.43. The molecular formula is C39H32F10N2O6S. The normalized spacial score (nSPS) is 14.6. The van der Waals surface area contributed by atoms with Crippen molar-refractivity contribution in [2.24, 2.45) is 0 Å². The lowest BCUT2D eigenvalue weighted by molar-refractivity contribution is -0.119. The number of hydrogen-bond donors (Lipinski definition) is 1. The Balaban J connectivity index is 1.54. The van der Waals surface area contributed by atoms with Crippen LogP contribution in [0.25, 0.3) is 0 Å². The second-order valence-electron chi connectivity index (χ2n) is 15.0. The van der Waals surface area contributed by atoms with Crippen LogP contribution in [0.15, 0.2) is 41.3 Å². The fraction of sp³-hybridized carbons (Fsp3) is 0.333. The van der Waals surface area contributed by atoms with Crippen LogP contribution in [0, 0.1) is 58.2 Å². The molecule has 0 aliphatic heterocycles. The molecule has 0 atom stereocenters. The largest absolute Gasteiger partial charge is 0.488 e. The number of carbonyl (C=O) groups is 2. The number of rotatable bonds is 13. The van der Waals surface area contributed by atoms with E-state index in [-0.39, 0.29) is 22.9 Å². The molecule has 2 aliphatic rings. The second-order valence-corrected chi connectivity index (χ2v) is 16.9. The minimum atomic E-state index is -6.34. The Labute approximate surface area is 324 Å². The molecule has 1 amide bonds. The van der Waals surface area contributed by atoms with Crippen molar-refractivity contribution in [1.82, 2.24) is 4.31 Å². The van der Waals surface area contributed by atoms with Gasteiger partial charge in [0.1, 0.15) is 5.75 Å². The quantitative estimate of drug-likeness (QED) is 0.0820. The maximum absolute atomic E-state index is 15.1. The number of sulfonamides is 1. The number of halogens is 10. The third-order valence-electron chi connectivity index (χ3n) is 9.60. The fourth-order valence-corrected chi connectivity index (χ4v) is 7.55. The van der Waals surface area contributed by atoms with Gasteiger partial charge in [-0.2, -0.15) is 4.31 Å². The predicted octanol–water partition coefficient (Wildman–Crippen LogP) is 8.92. The highest BCUT2D eigenvalue weighted by atomic mass is 32.2. The van der Waals surface area contributed by atoms with E-state index in [2.05, 4.69) is 0 Å². The molecule has 0 spiro atoms. The highest BCUT2D eigenvalue weighted by Gasteiger charge is 2.41. The van der Waals surface area contributed by atoms with Crippen LogP contribution in [0.5, 0.6) is 5.75 Å². The molecular weight excluding hydrogens is 814 g/mol. The van der Waals surface area contributed by atoms with E-state index in [4.69, 9.17) is 4.74 Å². The zero-order valence-electron chi connectivity index (χ0n) is 30.6. The van der Waals surface area contributed by atoms with Crippen LogP contribution >= 0.6 is 0 Å². The van der Waals surface area contributed by atoms with Gasteiger partial charge in [0.05, 0.1) is 30.4 Å². The average Bonchev–Trinajstić information content (AvgIpc) is 4.11. The maximum atomic E-state index is 15.1. The number of carboxylic acid groups (broad SMARTS) is 1. The van der Waals surface area contributed by atoms with Crippen molar-refractivity contribution in [3.63, 3.8) is 0 Å². The zero-order valence-corrected chi connectivity index (χ0v) is 31.5. The molecule has 8 nitrogen and oxygen atoms in total. The van der Waals surface area contributed by atoms with Gasteiger partial charge in [0.15, 0.2) is 51.4 Å². The molecule has 0 bridgehead atoms. The summed E-state index contributed by atoms with van der Waals surface area (Å²) < 4.78 is 179. The van der Waals surface area contributed by atoms with Crippen LogP contribution in [-0.2, 0) is 33.3 Å². The first-order chi connectivity index (χ1) is 27.0. The van der Waals surface area contributed by atoms with Crippen molar-refractivity contribution in [1.29, 1.82) is 0 Å². The van der Waals surface area contributed by atoms with Crippen LogP contribution in [-0.4, -0.2) is 42.4 Å². The molecule has 310 valence electrons. The van der Waals surface area contributed by atoms with Crippen LogP contribution in [0.1, 0.15) is 85.0 Å². The number of carbonyl (C=O) groups excluding carboxylic acids is 1. The maximum Gasteiger partial charge on any atom is 0.335 e. The molecule has 19 heteroatoms. The number of benzene rings is 4. The molecule has 4 aromatic carbocycles. The second kappa shape index (κ2) is 15.5. The van der Waals surface area contributed by atoms with Gasteiger partial charge in [-0.15, -0.1) is 0 Å². The predicted molar refractivity (Wildman–Crippen MR) is 185 cm³/mol. The topological polar surface area (TPSA) is 104 Å². The Morgan fingerprint density at radius 1 is 0.724 bits per heavy atom. The van der Waals surface area contributed by atoms with Crippen LogP contribution in [0.2, 0.25) is 0 Å². The van der Waals surface area contributed by atoms with Crippen molar-refractivity contribution in [3.05, 3.63) is 122 Å². The summed E-state index contributed by atoms with van der Waals surface area (Å²) >= 11 is 0. The summed E-state index contributed by atoms with van der Waals surface area (Å²) in [6.45, 7) is 1.36. The van der Waals surface area contributed by atoms with Crippen molar-refractivity contribution in [3.8, 4) is 5.75 Å². The number of anilines is 1. The van der Waals surface area contributed by atoms with E-state index >= 15 is 17.6 Å². The number of ether oxygens (including phenoxy) is 1. The van der Waals surface area contributed by atoms with Gasteiger partial charge in [-0.1, -0.05) is 39.0 Å². The number of nitrogens with zero attached hydrogens (tertiary/aromatic N) is 2. The molecule has 0 radical (unpaired) electrons. The summed E-state index contributed by atoms with van der Waals surface area (Å²) in [7, 11) is -6.34. The van der Waals surface area contributed by atoms with E-state index in [1.54, 1.807) is 12.1 Å². The molecule has 0 aromatic heterocycles. The van der Waals surface area contributed by atoms with Gasteiger partial charge in [0.2, 0.25) is 27.6 Å². The minimum Gasteiger partial charge on any atom is -0.488 e. The first-order valence-electron chi connectivity index (χ1n) is 17.5. The van der Waals surface area contributed by atoms with Crippen molar-refractivity contribution in [2.45, 2.75) is 81.9 Å². The summed E-state index contributed by atoms with van der Waals surface area (Å²) in [5, 5.41) is 9.70. The summed E-state index contributed by atoms with van der Waals surface area (Å²) in [6.07, 6.45) is 2.25. The summed E-state index contributed by atoms with van der Waals surface area (Å²) in [5.74, 6) is -30.3. The molecule has 1 N–H and O–H groups in total. The van der Waals surface area contributed by atoms with E-state index in [9.17, 15) is 49.5 Å². The van der Waals surface area contributed by atoms with E-state index < -0.39 is 126 Å². The lowest BCUT2D eigenvalue weighted by atomic mass is 9.84. The van der Waals surface area contributed by atoms with E-state index in [0.29, 0.717) is 18.4 Å². The van der Waals surface area contributed by atoms with Crippen LogP contribution < -0.4 is 9.64 Å². The highest BCUT2D eigenvalue weighted by molar-refractivity contribution is 7.89. The van der Waals surface area contributed by atoms with Gasteiger partial charge >= 0.3 is 5.97 Å². The molecule has 0 heterocycles. The summed E-state index contributed by atoms with van der Waals surface area (Å²) in [6, 6.07) is 8.61. The standard InChI is InChI=1S/C39H32F10N2O6S/c1-39(2,3)21-11-17(10-20(12-21)18-4-5-18)14-51(24-9-6-19(38(53)54)13-25(24)57-22-7-8-22)26(52)16-50(15-23-27(40)29(42)31(44)30(43)28(23)41)58(55,56)37-35(48)33(46)32(45)34(47)36(37)49/h6,9-13,18,22H,4-5,7-8,14-16H2,1-3H3,(H,53,54). The zero-order chi connectivity index (χ0) is 42.8. The average molecular weight is 847 g/mol. The van der Waals surface area contributed by atoms with Crippen molar-refractivity contribution < 1.29 is 71.8 Å². The smallest absolute Gasteiger partial charge is 0.335 e. The van der Waals surface area contributed by atoms with Crippen LogP contribution in [0.3, 0.4) is 0 Å².